The van der Waals surface area contributed by atoms with E-state index in [0.29, 0.717) is 0 Å². The predicted octanol–water partition coefficient (Wildman–Crippen LogP) is 17.5. The zero-order chi connectivity index (χ0) is 42.8. The molecule has 0 saturated carbocycles. The van der Waals surface area contributed by atoms with Crippen molar-refractivity contribution in [1.82, 2.24) is 4.57 Å². The molecular formula is C62H40N2O. The van der Waals surface area contributed by atoms with E-state index in [0.717, 1.165) is 44.6 Å². The van der Waals surface area contributed by atoms with Crippen LogP contribution in [0.5, 0.6) is 0 Å². The van der Waals surface area contributed by atoms with Gasteiger partial charge in [-0.3, -0.25) is 0 Å². The summed E-state index contributed by atoms with van der Waals surface area (Å²) >= 11 is 0. The number of benzene rings is 11. The van der Waals surface area contributed by atoms with E-state index in [1.54, 1.807) is 0 Å². The van der Waals surface area contributed by atoms with Crippen LogP contribution >= 0.6 is 0 Å². The lowest BCUT2D eigenvalue weighted by atomic mass is 9.93. The van der Waals surface area contributed by atoms with Crippen LogP contribution in [0.2, 0.25) is 0 Å². The van der Waals surface area contributed by atoms with E-state index in [2.05, 4.69) is 240 Å². The molecule has 13 aromatic rings. The summed E-state index contributed by atoms with van der Waals surface area (Å²) in [7, 11) is 0. The Hall–Kier alpha value is -8.66. The minimum absolute atomic E-state index is 0.880. The normalized spacial score (nSPS) is 11.7. The molecule has 11 aromatic carbocycles. The van der Waals surface area contributed by atoms with Crippen LogP contribution in [0.4, 0.5) is 17.1 Å². The SMILES string of the molecule is c1ccc(-n2c3ccccc3c3ccccc32)c(-c2ccc(-c3ccc(N(c4ccc(-c5cc6ccccc6c6ccccc56)cc4)c4ccc5oc6ccccc6c5c4)cc3)cc2)c1. The number of nitrogens with zero attached hydrogens (tertiary/aromatic N) is 2. The zero-order valence-corrected chi connectivity index (χ0v) is 35.4. The summed E-state index contributed by atoms with van der Waals surface area (Å²) < 4.78 is 8.68. The Labute approximate surface area is 376 Å². The molecule has 0 aliphatic rings. The molecule has 0 atom stereocenters. The van der Waals surface area contributed by atoms with Crippen molar-refractivity contribution >= 4 is 82.4 Å². The summed E-state index contributed by atoms with van der Waals surface area (Å²) in [6.07, 6.45) is 0. The lowest BCUT2D eigenvalue weighted by molar-refractivity contribution is 0.669. The van der Waals surface area contributed by atoms with Gasteiger partial charge in [0.15, 0.2) is 0 Å². The highest BCUT2D eigenvalue weighted by Crippen LogP contribution is 2.42. The molecule has 3 heteroatoms. The van der Waals surface area contributed by atoms with Crippen molar-refractivity contribution in [2.24, 2.45) is 0 Å². The maximum atomic E-state index is 6.27. The Bertz CT molecular complexity index is 3880. The molecule has 2 heterocycles. The van der Waals surface area contributed by atoms with Crippen LogP contribution in [0.3, 0.4) is 0 Å². The van der Waals surface area contributed by atoms with Crippen molar-refractivity contribution in [3.8, 4) is 39.1 Å². The Morgan fingerprint density at radius 2 is 0.769 bits per heavy atom. The molecule has 65 heavy (non-hydrogen) atoms. The molecule has 304 valence electrons. The van der Waals surface area contributed by atoms with Crippen LogP contribution in [-0.2, 0) is 0 Å². The minimum atomic E-state index is 0.880. The molecule has 0 amide bonds. The van der Waals surface area contributed by atoms with Gasteiger partial charge >= 0.3 is 0 Å². The number of para-hydroxylation sites is 4. The second-order valence-corrected chi connectivity index (χ2v) is 16.9. The molecular weight excluding hydrogens is 789 g/mol. The van der Waals surface area contributed by atoms with Gasteiger partial charge in [0.2, 0.25) is 0 Å². The van der Waals surface area contributed by atoms with Crippen LogP contribution in [0.25, 0.3) is 104 Å². The van der Waals surface area contributed by atoms with Crippen molar-refractivity contribution in [1.29, 1.82) is 0 Å². The number of hydrogen-bond acceptors (Lipinski definition) is 2. The third-order valence-corrected chi connectivity index (χ3v) is 13.2. The fourth-order valence-corrected chi connectivity index (χ4v) is 10.1. The van der Waals surface area contributed by atoms with Gasteiger partial charge < -0.3 is 13.9 Å². The summed E-state index contributed by atoms with van der Waals surface area (Å²) in [5.74, 6) is 0. The monoisotopic (exact) mass is 828 g/mol. The second kappa shape index (κ2) is 15.0. The van der Waals surface area contributed by atoms with Gasteiger partial charge in [-0.15, -0.1) is 0 Å². The van der Waals surface area contributed by atoms with Crippen molar-refractivity contribution in [2.75, 3.05) is 4.90 Å². The maximum Gasteiger partial charge on any atom is 0.135 e. The Balaban J connectivity index is 0.873. The number of fused-ring (bicyclic) bond motifs is 9. The number of furan rings is 1. The number of rotatable bonds is 7. The largest absolute Gasteiger partial charge is 0.456 e. The molecule has 0 aliphatic heterocycles. The van der Waals surface area contributed by atoms with Gasteiger partial charge in [0.25, 0.3) is 0 Å². The Kier molecular flexibility index (Phi) is 8.53. The fraction of sp³-hybridized carbons (Fsp3) is 0. The molecule has 0 saturated heterocycles. The minimum Gasteiger partial charge on any atom is -0.456 e. The van der Waals surface area contributed by atoms with Crippen molar-refractivity contribution < 1.29 is 4.42 Å². The third-order valence-electron chi connectivity index (χ3n) is 13.2. The fourth-order valence-electron chi connectivity index (χ4n) is 10.1. The second-order valence-electron chi connectivity index (χ2n) is 16.9. The summed E-state index contributed by atoms with van der Waals surface area (Å²) in [5.41, 5.74) is 15.7. The van der Waals surface area contributed by atoms with Crippen LogP contribution in [0.1, 0.15) is 0 Å². The van der Waals surface area contributed by atoms with E-state index in [1.165, 1.54) is 76.9 Å². The van der Waals surface area contributed by atoms with E-state index in [1.807, 2.05) is 12.1 Å². The van der Waals surface area contributed by atoms with Crippen molar-refractivity contribution in [3.05, 3.63) is 243 Å². The highest BCUT2D eigenvalue weighted by molar-refractivity contribution is 6.14. The highest BCUT2D eigenvalue weighted by atomic mass is 16.3. The van der Waals surface area contributed by atoms with E-state index >= 15 is 0 Å². The summed E-state index contributed by atoms with van der Waals surface area (Å²) in [4.78, 5) is 2.35. The first-order valence-electron chi connectivity index (χ1n) is 22.2. The summed E-state index contributed by atoms with van der Waals surface area (Å²) in [6, 6.07) is 87.7. The average Bonchev–Trinajstić information content (AvgIpc) is 3.92. The number of anilines is 3. The Morgan fingerprint density at radius 3 is 1.48 bits per heavy atom. The summed E-state index contributed by atoms with van der Waals surface area (Å²) in [6.45, 7) is 0. The van der Waals surface area contributed by atoms with E-state index < -0.39 is 0 Å². The maximum absolute atomic E-state index is 6.27. The van der Waals surface area contributed by atoms with Crippen LogP contribution < -0.4 is 4.90 Å². The van der Waals surface area contributed by atoms with E-state index in [9.17, 15) is 0 Å². The van der Waals surface area contributed by atoms with Crippen LogP contribution in [0, 0.1) is 0 Å². The highest BCUT2D eigenvalue weighted by Gasteiger charge is 2.18. The summed E-state index contributed by atoms with van der Waals surface area (Å²) in [5, 5.41) is 9.77. The Morgan fingerprint density at radius 1 is 0.292 bits per heavy atom. The lowest BCUT2D eigenvalue weighted by Crippen LogP contribution is -2.09. The third kappa shape index (κ3) is 6.12. The molecule has 0 fully saturated rings. The number of hydrogen-bond donors (Lipinski definition) is 0. The molecule has 0 radical (unpaired) electrons. The molecule has 0 bridgehead atoms. The standard InChI is InChI=1S/C62H40N2O/c1-2-14-49-45(13-1)39-56(52-17-4-3-16-51(49)52)44-31-35-47(36-32-44)63(48-37-38-62-57(40-48)55-20-8-12-24-61(55)65-62)46-33-29-42(30-34-46)41-25-27-43(28-26-41)50-15-5-9-21-58(50)64-59-22-10-6-18-53(59)54-19-7-11-23-60(54)64/h1-40H. The van der Waals surface area contributed by atoms with Gasteiger partial charge in [0.05, 0.1) is 16.7 Å². The van der Waals surface area contributed by atoms with Gasteiger partial charge in [0, 0.05) is 44.2 Å². The van der Waals surface area contributed by atoms with Crippen LogP contribution in [0.15, 0.2) is 247 Å². The number of aromatic nitrogens is 1. The first-order valence-corrected chi connectivity index (χ1v) is 22.2. The molecule has 3 nitrogen and oxygen atoms in total. The van der Waals surface area contributed by atoms with Crippen molar-refractivity contribution in [3.63, 3.8) is 0 Å². The molecule has 0 aliphatic carbocycles. The molecule has 2 aromatic heterocycles. The van der Waals surface area contributed by atoms with Crippen molar-refractivity contribution in [2.45, 2.75) is 0 Å². The van der Waals surface area contributed by atoms with E-state index in [-0.39, 0.29) is 0 Å². The first kappa shape index (κ1) is 36.9. The lowest BCUT2D eigenvalue weighted by Gasteiger charge is -2.26. The first-order chi connectivity index (χ1) is 32.2. The zero-order valence-electron chi connectivity index (χ0n) is 35.4. The smallest absolute Gasteiger partial charge is 0.135 e. The topological polar surface area (TPSA) is 21.3 Å². The molecule has 0 spiro atoms. The van der Waals surface area contributed by atoms with E-state index in [4.69, 9.17) is 4.42 Å². The van der Waals surface area contributed by atoms with Gasteiger partial charge in [-0.25, -0.2) is 0 Å². The molecule has 0 unspecified atom stereocenters. The quantitative estimate of drug-likeness (QED) is 0.149. The van der Waals surface area contributed by atoms with Gasteiger partial charge in [-0.1, -0.05) is 170 Å². The van der Waals surface area contributed by atoms with Gasteiger partial charge in [-0.2, -0.15) is 0 Å². The predicted molar refractivity (Wildman–Crippen MR) is 274 cm³/mol. The van der Waals surface area contributed by atoms with Gasteiger partial charge in [-0.05, 0) is 122 Å². The van der Waals surface area contributed by atoms with Crippen LogP contribution in [-0.4, -0.2) is 4.57 Å². The molecule has 13 rings (SSSR count). The molecule has 0 N–H and O–H groups in total. The average molecular weight is 829 g/mol. The van der Waals surface area contributed by atoms with Gasteiger partial charge in [0.1, 0.15) is 11.2 Å².